The van der Waals surface area contributed by atoms with Crippen LogP contribution in [0.15, 0.2) is 29.2 Å². The number of benzene rings is 1. The summed E-state index contributed by atoms with van der Waals surface area (Å²) >= 11 is 5.00. The molecule has 0 aliphatic carbocycles. The van der Waals surface area contributed by atoms with Crippen molar-refractivity contribution < 1.29 is 21.6 Å². The maximum atomic E-state index is 12.7. The summed E-state index contributed by atoms with van der Waals surface area (Å²) in [5, 5.41) is 7.72. The number of hydrogen-bond donors (Lipinski definition) is 2. The van der Waals surface area contributed by atoms with E-state index in [2.05, 4.69) is 5.32 Å². The highest BCUT2D eigenvalue weighted by molar-refractivity contribution is 7.89. The van der Waals surface area contributed by atoms with Crippen LogP contribution in [0.25, 0.3) is 0 Å². The third kappa shape index (κ3) is 7.14. The first-order valence-corrected chi connectivity index (χ1v) is 8.58. The predicted molar refractivity (Wildman–Crippen MR) is 85.1 cm³/mol. The van der Waals surface area contributed by atoms with Crippen LogP contribution < -0.4 is 10.5 Å². The van der Waals surface area contributed by atoms with Crippen molar-refractivity contribution in [1.82, 2.24) is 10.2 Å². The van der Waals surface area contributed by atoms with Crippen molar-refractivity contribution in [2.24, 2.45) is 5.14 Å². The minimum absolute atomic E-state index is 0.0205. The van der Waals surface area contributed by atoms with Crippen LogP contribution >= 0.6 is 12.2 Å². The molecule has 0 amide bonds. The van der Waals surface area contributed by atoms with Gasteiger partial charge in [0.05, 0.1) is 4.90 Å². The zero-order chi connectivity index (χ0) is 17.8. The lowest BCUT2D eigenvalue weighted by Gasteiger charge is -2.28. The molecule has 0 saturated heterocycles. The monoisotopic (exact) mass is 369 g/mol. The first kappa shape index (κ1) is 19.7. The highest BCUT2D eigenvalue weighted by Gasteiger charge is 2.32. The molecule has 0 aliphatic rings. The molecule has 23 heavy (non-hydrogen) atoms. The van der Waals surface area contributed by atoms with Gasteiger partial charge in [0.2, 0.25) is 10.0 Å². The summed E-state index contributed by atoms with van der Waals surface area (Å²) in [5.41, 5.74) is 0.481. The number of alkyl halides is 3. The van der Waals surface area contributed by atoms with Crippen molar-refractivity contribution >= 4 is 27.4 Å². The van der Waals surface area contributed by atoms with E-state index in [0.29, 0.717) is 5.56 Å². The van der Waals surface area contributed by atoms with Gasteiger partial charge in [-0.05, 0) is 43.8 Å². The Hall–Kier alpha value is -1.39. The highest BCUT2D eigenvalue weighted by atomic mass is 32.2. The van der Waals surface area contributed by atoms with Gasteiger partial charge in [-0.15, -0.1) is 0 Å². The molecule has 0 aliphatic heterocycles. The van der Waals surface area contributed by atoms with Gasteiger partial charge in [0, 0.05) is 12.6 Å². The molecule has 0 spiro atoms. The number of hydrogen-bond acceptors (Lipinski definition) is 3. The second-order valence-corrected chi connectivity index (χ2v) is 7.21. The fourth-order valence-electron chi connectivity index (χ4n) is 1.76. The molecule has 10 heteroatoms. The fraction of sp³-hybridized carbons (Fsp3) is 0.462. The van der Waals surface area contributed by atoms with E-state index in [9.17, 15) is 21.6 Å². The van der Waals surface area contributed by atoms with Gasteiger partial charge in [0.1, 0.15) is 6.54 Å². The van der Waals surface area contributed by atoms with Gasteiger partial charge in [-0.2, -0.15) is 13.2 Å². The molecule has 0 atom stereocenters. The van der Waals surface area contributed by atoms with Crippen molar-refractivity contribution in [2.45, 2.75) is 37.5 Å². The van der Waals surface area contributed by atoms with Crippen LogP contribution in [0.3, 0.4) is 0 Å². The molecule has 1 aromatic carbocycles. The fourth-order valence-corrected chi connectivity index (χ4v) is 2.64. The average molecular weight is 369 g/mol. The second kappa shape index (κ2) is 7.45. The predicted octanol–water partition coefficient (Wildman–Crippen LogP) is 1.98. The Kier molecular flexibility index (Phi) is 6.37. The molecule has 130 valence electrons. The smallest absolute Gasteiger partial charge is 0.360 e. The second-order valence-electron chi connectivity index (χ2n) is 5.26. The third-order valence-corrected chi connectivity index (χ3v) is 4.00. The quantitative estimate of drug-likeness (QED) is 0.777. The molecule has 3 N–H and O–H groups in total. The molecule has 1 rings (SSSR count). The van der Waals surface area contributed by atoms with E-state index in [-0.39, 0.29) is 22.6 Å². The largest absolute Gasteiger partial charge is 0.406 e. The van der Waals surface area contributed by atoms with Gasteiger partial charge in [-0.25, -0.2) is 13.6 Å². The van der Waals surface area contributed by atoms with Gasteiger partial charge in [-0.1, -0.05) is 12.1 Å². The summed E-state index contributed by atoms with van der Waals surface area (Å²) in [6.45, 7) is 2.21. The zero-order valence-electron chi connectivity index (χ0n) is 12.6. The third-order valence-electron chi connectivity index (χ3n) is 2.69. The summed E-state index contributed by atoms with van der Waals surface area (Å²) in [7, 11) is -3.84. The maximum Gasteiger partial charge on any atom is 0.406 e. The molecule has 1 aromatic rings. The van der Waals surface area contributed by atoms with Crippen molar-refractivity contribution in [2.75, 3.05) is 6.54 Å². The molecule has 0 bridgehead atoms. The zero-order valence-corrected chi connectivity index (χ0v) is 14.2. The van der Waals surface area contributed by atoms with E-state index in [1.807, 2.05) is 0 Å². The van der Waals surface area contributed by atoms with Gasteiger partial charge >= 0.3 is 6.18 Å². The van der Waals surface area contributed by atoms with E-state index in [1.165, 1.54) is 24.3 Å². The van der Waals surface area contributed by atoms with Crippen molar-refractivity contribution in [3.8, 4) is 0 Å². The Bertz CT molecular complexity index is 643. The number of sulfonamides is 1. The summed E-state index contributed by atoms with van der Waals surface area (Å²) in [6, 6.07) is 5.19. The topological polar surface area (TPSA) is 75.4 Å². The van der Waals surface area contributed by atoms with E-state index in [1.54, 1.807) is 13.8 Å². The molecule has 0 saturated carbocycles. The Balaban J connectivity index is 2.94. The van der Waals surface area contributed by atoms with Crippen molar-refractivity contribution in [3.63, 3.8) is 0 Å². The molecule has 5 nitrogen and oxygen atoms in total. The molecular weight excluding hydrogens is 351 g/mol. The standard InChI is InChI=1S/C13H18F3N3O2S2/c1-9(2)18-12(22)19(8-13(14,15)16)7-10-3-5-11(6-4-10)23(17,20)21/h3-6,9H,7-8H2,1-2H3,(H,18,22)(H2,17,20,21). The summed E-state index contributed by atoms with van der Waals surface area (Å²) < 4.78 is 60.4. The molecule has 0 aromatic heterocycles. The summed E-state index contributed by atoms with van der Waals surface area (Å²) in [6.07, 6.45) is -4.41. The summed E-state index contributed by atoms with van der Waals surface area (Å²) in [5.74, 6) is 0. The van der Waals surface area contributed by atoms with Crippen molar-refractivity contribution in [3.05, 3.63) is 29.8 Å². The Labute approximate surface area is 138 Å². The first-order valence-electron chi connectivity index (χ1n) is 6.62. The van der Waals surface area contributed by atoms with E-state index in [0.717, 1.165) is 4.90 Å². The molecule has 0 fully saturated rings. The first-order chi connectivity index (χ1) is 10.4. The lowest BCUT2D eigenvalue weighted by atomic mass is 10.2. The van der Waals surface area contributed by atoms with Gasteiger partial charge < -0.3 is 10.2 Å². The van der Waals surface area contributed by atoms with E-state index in [4.69, 9.17) is 17.4 Å². The SMILES string of the molecule is CC(C)NC(=S)N(Cc1ccc(S(N)(=O)=O)cc1)CC(F)(F)F. The van der Waals surface area contributed by atoms with Crippen LogP contribution in [0.2, 0.25) is 0 Å². The maximum absolute atomic E-state index is 12.7. The van der Waals surface area contributed by atoms with Crippen LogP contribution in [0, 0.1) is 0 Å². The van der Waals surface area contributed by atoms with Crippen LogP contribution in [0.1, 0.15) is 19.4 Å². The lowest BCUT2D eigenvalue weighted by molar-refractivity contribution is -0.138. The number of primary sulfonamides is 1. The van der Waals surface area contributed by atoms with Gasteiger partial charge in [0.15, 0.2) is 5.11 Å². The van der Waals surface area contributed by atoms with Crippen molar-refractivity contribution in [1.29, 1.82) is 0 Å². The Morgan fingerprint density at radius 3 is 2.22 bits per heavy atom. The Morgan fingerprint density at radius 1 is 1.30 bits per heavy atom. The van der Waals surface area contributed by atoms with Crippen LogP contribution in [-0.4, -0.2) is 37.2 Å². The van der Waals surface area contributed by atoms with Gasteiger partial charge in [0.25, 0.3) is 0 Å². The lowest BCUT2D eigenvalue weighted by Crippen LogP contribution is -2.46. The van der Waals surface area contributed by atoms with Crippen LogP contribution in [0.5, 0.6) is 0 Å². The number of rotatable bonds is 5. The molecule has 0 unspecified atom stereocenters. The van der Waals surface area contributed by atoms with E-state index >= 15 is 0 Å². The van der Waals surface area contributed by atoms with E-state index < -0.39 is 22.7 Å². The van der Waals surface area contributed by atoms with Crippen LogP contribution in [0.4, 0.5) is 13.2 Å². The average Bonchev–Trinajstić information content (AvgIpc) is 2.35. The molecule has 0 radical (unpaired) electrons. The number of nitrogens with two attached hydrogens (primary N) is 1. The highest BCUT2D eigenvalue weighted by Crippen LogP contribution is 2.19. The summed E-state index contributed by atoms with van der Waals surface area (Å²) in [4.78, 5) is 0.868. The minimum atomic E-state index is -4.41. The molecular formula is C13H18F3N3O2S2. The number of halogens is 3. The molecule has 0 heterocycles. The van der Waals surface area contributed by atoms with Crippen LogP contribution in [-0.2, 0) is 16.6 Å². The minimum Gasteiger partial charge on any atom is -0.360 e. The Morgan fingerprint density at radius 2 is 1.83 bits per heavy atom. The number of nitrogens with zero attached hydrogens (tertiary/aromatic N) is 1. The number of thiocarbonyl (C=S) groups is 1. The van der Waals surface area contributed by atoms with Gasteiger partial charge in [-0.3, -0.25) is 0 Å². The normalized spacial score (nSPS) is 12.3. The number of nitrogens with one attached hydrogen (secondary N) is 1.